The first kappa shape index (κ1) is 19.9. The number of carbonyl (C=O) groups excluding carboxylic acids is 1. The summed E-state index contributed by atoms with van der Waals surface area (Å²) in [6.45, 7) is 1.94. The zero-order valence-corrected chi connectivity index (χ0v) is 15.4. The maximum Gasteiger partial charge on any atom is 0.328 e. The monoisotopic (exact) mass is 397 g/mol. The summed E-state index contributed by atoms with van der Waals surface area (Å²) in [5, 5.41) is 2.40. The molecule has 26 heavy (non-hydrogen) atoms. The van der Waals surface area contributed by atoms with E-state index in [1.807, 2.05) is 11.6 Å². The van der Waals surface area contributed by atoms with Crippen LogP contribution in [0.25, 0.3) is 0 Å². The van der Waals surface area contributed by atoms with Crippen LogP contribution in [0.1, 0.15) is 11.1 Å². The zero-order chi connectivity index (χ0) is 19.4. The van der Waals surface area contributed by atoms with E-state index in [1.165, 1.54) is 36.4 Å². The van der Waals surface area contributed by atoms with Gasteiger partial charge in [-0.1, -0.05) is 29.8 Å². The van der Waals surface area contributed by atoms with E-state index in [1.54, 1.807) is 12.1 Å². The average molecular weight is 397 g/mol. The molecule has 0 saturated carbocycles. The second-order valence-corrected chi connectivity index (χ2v) is 8.58. The van der Waals surface area contributed by atoms with E-state index in [0.29, 0.717) is 12.0 Å². The van der Waals surface area contributed by atoms with Gasteiger partial charge in [-0.3, -0.25) is 0 Å². The maximum atomic E-state index is 12.1. The molecule has 8 nitrogen and oxygen atoms in total. The van der Waals surface area contributed by atoms with Crippen molar-refractivity contribution in [3.05, 3.63) is 59.7 Å². The lowest BCUT2D eigenvalue weighted by molar-refractivity contribution is 0.246. The Morgan fingerprint density at radius 3 is 2.00 bits per heavy atom. The van der Waals surface area contributed by atoms with Crippen LogP contribution in [0.2, 0.25) is 0 Å². The predicted octanol–water partition coefficient (Wildman–Crippen LogP) is 1.13. The summed E-state index contributed by atoms with van der Waals surface area (Å²) in [4.78, 5) is 11.4. The quantitative estimate of drug-likeness (QED) is 0.702. The lowest BCUT2D eigenvalue weighted by atomic mass is 10.1. The Kier molecular flexibility index (Phi) is 6.01. The molecule has 0 saturated heterocycles. The van der Waals surface area contributed by atoms with Gasteiger partial charge < -0.3 is 9.87 Å². The fourth-order valence-electron chi connectivity index (χ4n) is 2.08. The van der Waals surface area contributed by atoms with Crippen LogP contribution >= 0.6 is 0 Å². The fourth-order valence-corrected chi connectivity index (χ4v) is 3.48. The van der Waals surface area contributed by atoms with E-state index in [4.69, 9.17) is 0 Å². The number of carbonyl (C=O) groups is 1. The number of aryl methyl sites for hydroxylation is 1. The van der Waals surface area contributed by atoms with E-state index in [-0.39, 0.29) is 16.3 Å². The van der Waals surface area contributed by atoms with Gasteiger partial charge in [0.1, 0.15) is 10.1 Å². The Morgan fingerprint density at radius 2 is 1.46 bits per heavy atom. The molecule has 0 fully saturated rings. The summed E-state index contributed by atoms with van der Waals surface area (Å²) in [5.41, 5.74) is 1.57. The first-order valence-corrected chi connectivity index (χ1v) is 10.4. The van der Waals surface area contributed by atoms with Crippen LogP contribution in [0.4, 0.5) is 4.79 Å². The number of hydrogen-bond donors (Lipinski definition) is 2. The Bertz CT molecular complexity index is 982. The van der Waals surface area contributed by atoms with Crippen molar-refractivity contribution >= 4 is 26.2 Å². The molecule has 0 aromatic heterocycles. The van der Waals surface area contributed by atoms with Gasteiger partial charge in [0.25, 0.3) is 10.0 Å². The van der Waals surface area contributed by atoms with Crippen LogP contribution in [0.15, 0.2) is 58.3 Å². The minimum Gasteiger partial charge on any atom is -0.744 e. The molecule has 0 unspecified atom stereocenters. The molecular weight excluding hydrogens is 380 g/mol. The Labute approximate surface area is 152 Å². The number of rotatable bonds is 6. The van der Waals surface area contributed by atoms with Gasteiger partial charge in [-0.05, 0) is 43.2 Å². The lowest BCUT2D eigenvalue weighted by Gasteiger charge is -2.10. The van der Waals surface area contributed by atoms with Crippen molar-refractivity contribution in [2.75, 3.05) is 6.54 Å². The molecule has 0 atom stereocenters. The molecule has 2 aromatic carbocycles. The molecule has 0 aliphatic heterocycles. The zero-order valence-electron chi connectivity index (χ0n) is 13.8. The topological polar surface area (TPSA) is 132 Å². The van der Waals surface area contributed by atoms with Crippen LogP contribution < -0.4 is 10.0 Å². The van der Waals surface area contributed by atoms with Gasteiger partial charge in [0.2, 0.25) is 0 Å². The highest BCUT2D eigenvalue weighted by atomic mass is 32.2. The molecule has 140 valence electrons. The molecule has 0 radical (unpaired) electrons. The highest BCUT2D eigenvalue weighted by Crippen LogP contribution is 2.11. The van der Waals surface area contributed by atoms with Gasteiger partial charge in [-0.2, -0.15) is 0 Å². The summed E-state index contributed by atoms with van der Waals surface area (Å²) >= 11 is 0. The standard InChI is InChI=1S/C16H18N2O6S2/c1-12-2-6-14(7-3-12)25(20,21)18-16(19)17-11-10-13-4-8-15(9-5-13)26(22,23)24/h2-9H,10-11H2,1H3,(H2,17,18,19)(H,22,23,24)/p-1. The van der Waals surface area contributed by atoms with Gasteiger partial charge >= 0.3 is 6.03 Å². The smallest absolute Gasteiger partial charge is 0.328 e. The largest absolute Gasteiger partial charge is 0.744 e. The van der Waals surface area contributed by atoms with Gasteiger partial charge in [-0.15, -0.1) is 0 Å². The molecule has 2 amide bonds. The van der Waals surface area contributed by atoms with Crippen molar-refractivity contribution in [2.24, 2.45) is 0 Å². The average Bonchev–Trinajstić information content (AvgIpc) is 2.54. The van der Waals surface area contributed by atoms with Gasteiger partial charge in [0.15, 0.2) is 0 Å². The summed E-state index contributed by atoms with van der Waals surface area (Å²) in [5.74, 6) is 0. The minimum absolute atomic E-state index is 0.0207. The Hall–Kier alpha value is -2.43. The van der Waals surface area contributed by atoms with E-state index >= 15 is 0 Å². The van der Waals surface area contributed by atoms with Crippen LogP contribution in [-0.2, 0) is 26.6 Å². The van der Waals surface area contributed by atoms with Gasteiger partial charge in [0, 0.05) is 6.54 Å². The molecule has 0 aliphatic rings. The maximum absolute atomic E-state index is 12.1. The lowest BCUT2D eigenvalue weighted by Crippen LogP contribution is -2.40. The molecule has 2 aromatic rings. The third-order valence-corrected chi connectivity index (χ3v) is 5.67. The van der Waals surface area contributed by atoms with Gasteiger partial charge in [-0.25, -0.2) is 26.4 Å². The van der Waals surface area contributed by atoms with Crippen LogP contribution in [-0.4, -0.2) is 34.0 Å². The second kappa shape index (κ2) is 7.85. The van der Waals surface area contributed by atoms with Crippen molar-refractivity contribution in [3.8, 4) is 0 Å². The van der Waals surface area contributed by atoms with E-state index < -0.39 is 26.2 Å². The van der Waals surface area contributed by atoms with E-state index in [2.05, 4.69) is 5.32 Å². The number of benzene rings is 2. The van der Waals surface area contributed by atoms with Crippen LogP contribution in [0.3, 0.4) is 0 Å². The summed E-state index contributed by atoms with van der Waals surface area (Å²) in [7, 11) is -8.46. The Balaban J connectivity index is 1.88. The summed E-state index contributed by atoms with van der Waals surface area (Å²) in [6.07, 6.45) is 0.331. The van der Waals surface area contributed by atoms with Crippen molar-refractivity contribution < 1.29 is 26.2 Å². The van der Waals surface area contributed by atoms with Crippen molar-refractivity contribution in [1.29, 1.82) is 0 Å². The molecular formula is C16H17N2O6S2-. The highest BCUT2D eigenvalue weighted by Gasteiger charge is 2.16. The molecule has 0 bridgehead atoms. The number of sulfonamides is 1. The van der Waals surface area contributed by atoms with Crippen LogP contribution in [0.5, 0.6) is 0 Å². The Morgan fingerprint density at radius 1 is 0.923 bits per heavy atom. The normalized spacial score (nSPS) is 11.8. The minimum atomic E-state index is -4.50. The molecule has 10 heteroatoms. The molecule has 0 aliphatic carbocycles. The first-order valence-electron chi connectivity index (χ1n) is 7.50. The summed E-state index contributed by atoms with van der Waals surface area (Å²) < 4.78 is 58.5. The number of nitrogens with one attached hydrogen (secondary N) is 2. The fraction of sp³-hybridized carbons (Fsp3) is 0.188. The molecule has 2 rings (SSSR count). The van der Waals surface area contributed by atoms with Crippen molar-refractivity contribution in [1.82, 2.24) is 10.0 Å². The van der Waals surface area contributed by atoms with Crippen molar-refractivity contribution in [3.63, 3.8) is 0 Å². The molecule has 2 N–H and O–H groups in total. The van der Waals surface area contributed by atoms with Crippen molar-refractivity contribution in [2.45, 2.75) is 23.1 Å². The van der Waals surface area contributed by atoms with E-state index in [0.717, 1.165) is 5.56 Å². The number of hydrogen-bond acceptors (Lipinski definition) is 6. The highest BCUT2D eigenvalue weighted by molar-refractivity contribution is 7.90. The third-order valence-electron chi connectivity index (χ3n) is 3.47. The number of urea groups is 1. The number of amides is 2. The van der Waals surface area contributed by atoms with Gasteiger partial charge in [0.05, 0.1) is 9.79 Å². The summed E-state index contributed by atoms with van der Waals surface area (Å²) in [6, 6.07) is 10.4. The third kappa shape index (κ3) is 5.55. The van der Waals surface area contributed by atoms with Crippen LogP contribution in [0, 0.1) is 6.92 Å². The SMILES string of the molecule is Cc1ccc(S(=O)(=O)NC(=O)NCCc2ccc(S(=O)(=O)[O-])cc2)cc1. The molecule has 0 heterocycles. The predicted molar refractivity (Wildman–Crippen MR) is 93.0 cm³/mol. The second-order valence-electron chi connectivity index (χ2n) is 5.52. The molecule has 0 spiro atoms. The van der Waals surface area contributed by atoms with E-state index in [9.17, 15) is 26.2 Å². The first-order chi connectivity index (χ1) is 12.1.